The summed E-state index contributed by atoms with van der Waals surface area (Å²) in [5.41, 5.74) is 10.1. The smallest absolute Gasteiger partial charge is 1.00 e. The van der Waals surface area contributed by atoms with Gasteiger partial charge in [0.15, 0.2) is 0 Å². The van der Waals surface area contributed by atoms with Crippen LogP contribution in [0.15, 0.2) is 0 Å². The van der Waals surface area contributed by atoms with Gasteiger partial charge in [0.2, 0.25) is 0 Å². The molecule has 0 radical (unpaired) electrons. The topological polar surface area (TPSA) is 70.5 Å². The Kier molecular flexibility index (Phi) is 24.9. The van der Waals surface area contributed by atoms with Crippen molar-refractivity contribution in [3.8, 4) is 0 Å². The molecule has 0 amide bonds. The quantitative estimate of drug-likeness (QED) is 0.379. The van der Waals surface area contributed by atoms with E-state index in [9.17, 15) is 0 Å². The van der Waals surface area contributed by atoms with E-state index in [-0.39, 0.29) is 41.3 Å². The molecule has 98 valence electrons. The number of thiocarbonyl (C=S) groups is 2. The molecule has 0 rings (SSSR count). The van der Waals surface area contributed by atoms with Gasteiger partial charge < -0.3 is 22.4 Å². The van der Waals surface area contributed by atoms with Gasteiger partial charge in [-0.15, -0.1) is 0 Å². The molecule has 0 unspecified atom stereocenters. The minimum atomic E-state index is 0. The van der Waals surface area contributed by atoms with Crippen molar-refractivity contribution in [1.29, 1.82) is 0 Å². The van der Waals surface area contributed by atoms with E-state index in [0.717, 1.165) is 25.7 Å². The maximum atomic E-state index is 5.04. The third kappa shape index (κ3) is 31.4. The Bertz CT molecular complexity index is 181. The zero-order valence-electron chi connectivity index (χ0n) is 12.0. The zero-order valence-corrected chi connectivity index (χ0v) is 14.7. The number of ether oxygens (including phenoxy) is 2. The van der Waals surface area contributed by atoms with Crippen LogP contribution in [0, 0.1) is 0 Å². The summed E-state index contributed by atoms with van der Waals surface area (Å²) >= 11 is 8.93. The molecule has 4 N–H and O–H groups in total. The second kappa shape index (κ2) is 18.7. The molecule has 0 aromatic carbocycles. The molecule has 0 aliphatic carbocycles. The minimum Gasteiger partial charge on any atom is -1.00 e. The van der Waals surface area contributed by atoms with E-state index in [1.165, 1.54) is 0 Å². The summed E-state index contributed by atoms with van der Waals surface area (Å²) in [6.07, 6.45) is 4.28. The Morgan fingerprint density at radius 2 is 1.24 bits per heavy atom. The molecular formula is C10H23N2NaO2S2. The minimum absolute atomic E-state index is 0. The summed E-state index contributed by atoms with van der Waals surface area (Å²) in [6, 6.07) is 0. The summed E-state index contributed by atoms with van der Waals surface area (Å²) in [6.45, 7) is 5.49. The van der Waals surface area contributed by atoms with Crippen molar-refractivity contribution in [3.05, 3.63) is 0 Å². The van der Waals surface area contributed by atoms with E-state index in [1.807, 2.05) is 0 Å². The van der Waals surface area contributed by atoms with Gasteiger partial charge in [0.1, 0.15) is 0 Å². The number of nitrogens with two attached hydrogens (primary N) is 2. The molecule has 17 heavy (non-hydrogen) atoms. The molecule has 0 saturated heterocycles. The summed E-state index contributed by atoms with van der Waals surface area (Å²) in [4.78, 5) is 0. The molecule has 0 fully saturated rings. The van der Waals surface area contributed by atoms with Crippen molar-refractivity contribution in [1.82, 2.24) is 0 Å². The first-order valence-corrected chi connectivity index (χ1v) is 6.20. The van der Waals surface area contributed by atoms with E-state index < -0.39 is 0 Å². The fourth-order valence-corrected chi connectivity index (χ4v) is 0.801. The molecule has 0 aromatic heterocycles. The summed E-state index contributed by atoms with van der Waals surface area (Å²) in [5.74, 6) is 0. The van der Waals surface area contributed by atoms with Crippen molar-refractivity contribution < 1.29 is 40.5 Å². The van der Waals surface area contributed by atoms with E-state index in [0.29, 0.717) is 13.2 Å². The van der Waals surface area contributed by atoms with Crippen molar-refractivity contribution in [2.24, 2.45) is 11.5 Å². The molecule has 7 heteroatoms. The molecule has 0 atom stereocenters. The predicted molar refractivity (Wildman–Crippen MR) is 76.4 cm³/mol. The second-order valence-electron chi connectivity index (χ2n) is 3.04. The van der Waals surface area contributed by atoms with Crippen LogP contribution < -0.4 is 41.0 Å². The monoisotopic (exact) mass is 290 g/mol. The van der Waals surface area contributed by atoms with E-state index in [1.54, 1.807) is 0 Å². The number of rotatable bonds is 6. The zero-order chi connectivity index (χ0) is 12.8. The van der Waals surface area contributed by atoms with Crippen molar-refractivity contribution in [2.75, 3.05) is 13.2 Å². The van der Waals surface area contributed by atoms with Gasteiger partial charge >= 0.3 is 29.6 Å². The van der Waals surface area contributed by atoms with Crippen LogP contribution in [0.25, 0.3) is 0 Å². The van der Waals surface area contributed by atoms with Crippen molar-refractivity contribution in [2.45, 2.75) is 39.5 Å². The fourth-order valence-electron chi connectivity index (χ4n) is 0.634. The SMILES string of the molecule is CCCCOC(N)=S.CCCCOC(N)=S.[H-].[Na+]. The van der Waals surface area contributed by atoms with Gasteiger partial charge in [-0.1, -0.05) is 26.7 Å². The average molecular weight is 290 g/mol. The van der Waals surface area contributed by atoms with Crippen molar-refractivity contribution >= 4 is 34.8 Å². The maximum Gasteiger partial charge on any atom is 1.00 e. The predicted octanol–water partition coefficient (Wildman–Crippen LogP) is -0.790. The second-order valence-corrected chi connectivity index (χ2v) is 3.85. The molecule has 0 bridgehead atoms. The first kappa shape index (κ1) is 22.6. The van der Waals surface area contributed by atoms with E-state index >= 15 is 0 Å². The van der Waals surface area contributed by atoms with Gasteiger partial charge in [-0.2, -0.15) is 0 Å². The molecule has 0 spiro atoms. The normalized spacial score (nSPS) is 8.12. The maximum absolute atomic E-state index is 5.04. The molecule has 0 aliphatic rings. The Morgan fingerprint density at radius 1 is 0.941 bits per heavy atom. The van der Waals surface area contributed by atoms with Crippen molar-refractivity contribution in [3.63, 3.8) is 0 Å². The molecular weight excluding hydrogens is 267 g/mol. The van der Waals surface area contributed by atoms with Gasteiger partial charge in [0, 0.05) is 0 Å². The van der Waals surface area contributed by atoms with Gasteiger partial charge in [0.25, 0.3) is 10.3 Å². The molecule has 4 nitrogen and oxygen atoms in total. The third-order valence-electron chi connectivity index (χ3n) is 1.48. The van der Waals surface area contributed by atoms with Crippen LogP contribution in [0.5, 0.6) is 0 Å². The molecule has 0 heterocycles. The standard InChI is InChI=1S/2C5H11NOS.Na.H/c2*1-2-3-4-7-5(6)8;;/h2*2-4H2,1H3,(H2,6,8);;/q;;+1;-1. The Balaban J connectivity index is -0.0000000980. The van der Waals surface area contributed by atoms with Gasteiger partial charge in [-0.3, -0.25) is 0 Å². The number of unbranched alkanes of at least 4 members (excludes halogenated alkanes) is 2. The van der Waals surface area contributed by atoms with Crippen LogP contribution in [0.3, 0.4) is 0 Å². The Hall–Kier alpha value is 0.380. The number of hydrogen-bond acceptors (Lipinski definition) is 4. The van der Waals surface area contributed by atoms with Crippen LogP contribution in [-0.2, 0) is 9.47 Å². The Labute approximate surface area is 139 Å². The third-order valence-corrected chi connectivity index (χ3v) is 1.72. The summed E-state index contributed by atoms with van der Waals surface area (Å²) in [5, 5.41) is 0.303. The summed E-state index contributed by atoms with van der Waals surface area (Å²) in [7, 11) is 0. The Morgan fingerprint density at radius 3 is 1.41 bits per heavy atom. The van der Waals surface area contributed by atoms with Crippen LogP contribution in [0.4, 0.5) is 0 Å². The molecule has 0 aliphatic heterocycles. The first-order chi connectivity index (χ1) is 7.54. The molecule has 0 saturated carbocycles. The van der Waals surface area contributed by atoms with E-state index in [2.05, 4.69) is 38.3 Å². The van der Waals surface area contributed by atoms with Crippen LogP contribution in [0.2, 0.25) is 0 Å². The first-order valence-electron chi connectivity index (χ1n) is 5.39. The largest absolute Gasteiger partial charge is 1.00 e. The van der Waals surface area contributed by atoms with Gasteiger partial charge in [-0.25, -0.2) is 0 Å². The average Bonchev–Trinajstić information content (AvgIpc) is 2.18. The van der Waals surface area contributed by atoms with Crippen LogP contribution >= 0.6 is 24.4 Å². The molecule has 0 aromatic rings. The fraction of sp³-hybridized carbons (Fsp3) is 0.800. The van der Waals surface area contributed by atoms with Crippen LogP contribution in [0.1, 0.15) is 41.0 Å². The summed E-state index contributed by atoms with van der Waals surface area (Å²) < 4.78 is 9.58. The van der Waals surface area contributed by atoms with Crippen LogP contribution in [-0.4, -0.2) is 23.6 Å². The van der Waals surface area contributed by atoms with Gasteiger partial charge in [-0.05, 0) is 37.3 Å². The number of hydrogen-bond donors (Lipinski definition) is 2. The van der Waals surface area contributed by atoms with Gasteiger partial charge in [0.05, 0.1) is 13.2 Å². The van der Waals surface area contributed by atoms with E-state index in [4.69, 9.17) is 20.9 Å².